The molecule has 1 aliphatic heterocycles. The summed E-state index contributed by atoms with van der Waals surface area (Å²) < 4.78 is 4.58. The molecular weight excluding hydrogens is 192 g/mol. The maximum absolute atomic E-state index is 11.1. The van der Waals surface area contributed by atoms with E-state index in [-0.39, 0.29) is 12.4 Å². The average molecular weight is 204 g/mol. The lowest BCUT2D eigenvalue weighted by molar-refractivity contribution is -0.141. The number of carbonyl (C=O) groups excluding carboxylic acids is 1. The van der Waals surface area contributed by atoms with Crippen LogP contribution in [0.25, 0.3) is 6.08 Å². The Labute approximate surface area is 87.1 Å². The lowest BCUT2D eigenvalue weighted by Crippen LogP contribution is -2.37. The number of para-hydroxylation sites is 1. The van der Waals surface area contributed by atoms with E-state index in [1.807, 2.05) is 24.3 Å². The average Bonchev–Trinajstić information content (AvgIpc) is 2.53. The van der Waals surface area contributed by atoms with Gasteiger partial charge in [-0.3, -0.25) is 9.79 Å². The number of fused-ring (bicyclic) bond motifs is 1. The highest BCUT2D eigenvalue weighted by Gasteiger charge is 2.27. The Kier molecular flexibility index (Phi) is 2.28. The number of ether oxygens (including phenoxy) is 1. The van der Waals surface area contributed by atoms with E-state index in [1.165, 1.54) is 7.11 Å². The first-order chi connectivity index (χ1) is 7.13. The maximum Gasteiger partial charge on any atom is 0.309 e. The van der Waals surface area contributed by atoms with Gasteiger partial charge in [-0.1, -0.05) is 18.2 Å². The van der Waals surface area contributed by atoms with Gasteiger partial charge >= 0.3 is 5.97 Å². The molecule has 0 aliphatic carbocycles. The van der Waals surface area contributed by atoms with Crippen LogP contribution in [0.4, 0.5) is 0 Å². The molecule has 1 aromatic rings. The van der Waals surface area contributed by atoms with Crippen LogP contribution in [0.3, 0.4) is 0 Å². The molecule has 0 saturated heterocycles. The lowest BCUT2D eigenvalue weighted by Gasteiger charge is -2.16. The molecule has 0 spiro atoms. The summed E-state index contributed by atoms with van der Waals surface area (Å²) in [6.45, 7) is 0. The highest BCUT2D eigenvalue weighted by Crippen LogP contribution is 2.12. The van der Waals surface area contributed by atoms with Gasteiger partial charge in [0.2, 0.25) is 0 Å². The van der Waals surface area contributed by atoms with E-state index in [9.17, 15) is 4.79 Å². The summed E-state index contributed by atoms with van der Waals surface area (Å²) in [6.07, 6.45) is 1.86. The van der Waals surface area contributed by atoms with Crippen LogP contribution in [0.1, 0.15) is 6.42 Å². The number of esters is 1. The second-order valence-corrected chi connectivity index (χ2v) is 3.56. The topological polar surface area (TPSA) is 64.7 Å². The Morgan fingerprint density at radius 3 is 2.93 bits per heavy atom. The molecule has 0 amide bonds. The minimum Gasteiger partial charge on any atom is -0.469 e. The molecule has 0 saturated carbocycles. The predicted molar refractivity (Wildman–Crippen MR) is 55.2 cm³/mol. The molecule has 2 N–H and O–H groups in total. The number of nitrogens with zero attached hydrogens (tertiary/aromatic N) is 1. The molecule has 0 bridgehead atoms. The van der Waals surface area contributed by atoms with Gasteiger partial charge in [0.1, 0.15) is 5.66 Å². The standard InChI is InChI=1S/C11H12N2O2/c1-15-10(14)7-11(12)6-8-4-2-3-5-9(8)13-11/h2-6H,7,12H2,1H3. The Bertz CT molecular complexity index is 473. The number of nitrogens with two attached hydrogens (primary N) is 1. The van der Waals surface area contributed by atoms with Crippen molar-refractivity contribution >= 4 is 12.0 Å². The number of hydrogen-bond donors (Lipinski definition) is 1. The second-order valence-electron chi connectivity index (χ2n) is 3.56. The summed E-state index contributed by atoms with van der Waals surface area (Å²) in [6, 6.07) is 7.59. The largest absolute Gasteiger partial charge is 0.469 e. The molecule has 0 radical (unpaired) electrons. The molecular formula is C11H12N2O2. The summed E-state index contributed by atoms with van der Waals surface area (Å²) >= 11 is 0. The van der Waals surface area contributed by atoms with E-state index >= 15 is 0 Å². The van der Waals surface area contributed by atoms with E-state index in [0.717, 1.165) is 10.6 Å². The van der Waals surface area contributed by atoms with Crippen LogP contribution >= 0.6 is 0 Å². The van der Waals surface area contributed by atoms with Crippen LogP contribution in [0.15, 0.2) is 29.3 Å². The van der Waals surface area contributed by atoms with Crippen molar-refractivity contribution in [3.8, 4) is 0 Å². The molecule has 1 aliphatic rings. The molecule has 4 heteroatoms. The zero-order valence-electron chi connectivity index (χ0n) is 8.43. The first-order valence-electron chi connectivity index (χ1n) is 4.66. The fraction of sp³-hybridized carbons (Fsp3) is 0.273. The van der Waals surface area contributed by atoms with Crippen LogP contribution in [-0.4, -0.2) is 18.7 Å². The number of methoxy groups -OCH3 is 1. The van der Waals surface area contributed by atoms with Crippen molar-refractivity contribution in [3.05, 3.63) is 34.8 Å². The Hall–Kier alpha value is -1.68. The SMILES string of the molecule is COC(=O)CC1(N)C=c2ccccc2=N1. The van der Waals surface area contributed by atoms with Crippen molar-refractivity contribution < 1.29 is 9.53 Å². The molecule has 0 fully saturated rings. The zero-order valence-corrected chi connectivity index (χ0v) is 8.43. The zero-order chi connectivity index (χ0) is 10.9. The van der Waals surface area contributed by atoms with Crippen molar-refractivity contribution in [2.75, 3.05) is 7.11 Å². The lowest BCUT2D eigenvalue weighted by atomic mass is 10.1. The Morgan fingerprint density at radius 2 is 2.27 bits per heavy atom. The summed E-state index contributed by atoms with van der Waals surface area (Å²) in [4.78, 5) is 15.4. The molecule has 4 nitrogen and oxygen atoms in total. The van der Waals surface area contributed by atoms with Crippen molar-refractivity contribution in [1.29, 1.82) is 0 Å². The molecule has 1 unspecified atom stereocenters. The summed E-state index contributed by atoms with van der Waals surface area (Å²) in [5.41, 5.74) is 5.02. The van der Waals surface area contributed by atoms with Gasteiger partial charge < -0.3 is 10.5 Å². The fourth-order valence-electron chi connectivity index (χ4n) is 1.63. The highest BCUT2D eigenvalue weighted by molar-refractivity contribution is 5.73. The molecule has 1 aromatic carbocycles. The normalized spacial score (nSPS) is 22.5. The number of rotatable bonds is 2. The van der Waals surface area contributed by atoms with E-state index in [0.29, 0.717) is 0 Å². The molecule has 2 rings (SSSR count). The summed E-state index contributed by atoms with van der Waals surface area (Å²) in [5, 5.41) is 1.79. The quantitative estimate of drug-likeness (QED) is 0.649. The van der Waals surface area contributed by atoms with Crippen molar-refractivity contribution in [3.63, 3.8) is 0 Å². The third-order valence-corrected chi connectivity index (χ3v) is 2.33. The monoisotopic (exact) mass is 204 g/mol. The van der Waals surface area contributed by atoms with Crippen LogP contribution in [0.5, 0.6) is 0 Å². The van der Waals surface area contributed by atoms with Gasteiger partial charge in [-0.05, 0) is 17.4 Å². The van der Waals surface area contributed by atoms with Gasteiger partial charge in [-0.2, -0.15) is 0 Å². The molecule has 1 heterocycles. The van der Waals surface area contributed by atoms with Gasteiger partial charge in [0, 0.05) is 0 Å². The highest BCUT2D eigenvalue weighted by atomic mass is 16.5. The minimum atomic E-state index is -0.948. The van der Waals surface area contributed by atoms with Crippen molar-refractivity contribution in [2.45, 2.75) is 12.1 Å². The smallest absolute Gasteiger partial charge is 0.309 e. The van der Waals surface area contributed by atoms with Gasteiger partial charge in [-0.15, -0.1) is 0 Å². The molecule has 78 valence electrons. The van der Waals surface area contributed by atoms with E-state index in [2.05, 4.69) is 9.73 Å². The third kappa shape index (κ3) is 1.89. The van der Waals surface area contributed by atoms with Crippen LogP contribution < -0.4 is 16.3 Å². The van der Waals surface area contributed by atoms with E-state index in [4.69, 9.17) is 5.73 Å². The molecule has 15 heavy (non-hydrogen) atoms. The Morgan fingerprint density at radius 1 is 1.53 bits per heavy atom. The predicted octanol–water partition coefficient (Wildman–Crippen LogP) is -0.682. The van der Waals surface area contributed by atoms with Gasteiger partial charge in [0.15, 0.2) is 0 Å². The van der Waals surface area contributed by atoms with Crippen LogP contribution in [0.2, 0.25) is 0 Å². The van der Waals surface area contributed by atoms with Crippen LogP contribution in [0, 0.1) is 0 Å². The number of hydrogen-bond acceptors (Lipinski definition) is 4. The Balaban J connectivity index is 2.36. The maximum atomic E-state index is 11.1. The molecule has 0 aromatic heterocycles. The first-order valence-corrected chi connectivity index (χ1v) is 4.66. The number of benzene rings is 1. The summed E-state index contributed by atoms with van der Waals surface area (Å²) in [5.74, 6) is -0.356. The van der Waals surface area contributed by atoms with Gasteiger partial charge in [-0.25, -0.2) is 0 Å². The van der Waals surface area contributed by atoms with E-state index in [1.54, 1.807) is 6.08 Å². The fourth-order valence-corrected chi connectivity index (χ4v) is 1.63. The van der Waals surface area contributed by atoms with Crippen LogP contribution in [-0.2, 0) is 9.53 Å². The minimum absolute atomic E-state index is 0.0676. The third-order valence-electron chi connectivity index (χ3n) is 2.33. The second kappa shape index (κ2) is 3.47. The number of carbonyl (C=O) groups is 1. The molecule has 1 atom stereocenters. The van der Waals surface area contributed by atoms with Crippen molar-refractivity contribution in [1.82, 2.24) is 0 Å². The first kappa shape index (κ1) is 9.86. The summed E-state index contributed by atoms with van der Waals surface area (Å²) in [7, 11) is 1.34. The van der Waals surface area contributed by atoms with E-state index < -0.39 is 5.66 Å². The van der Waals surface area contributed by atoms with Gasteiger partial charge in [0.05, 0.1) is 18.9 Å². The van der Waals surface area contributed by atoms with Gasteiger partial charge in [0.25, 0.3) is 0 Å². The van der Waals surface area contributed by atoms with Crippen molar-refractivity contribution in [2.24, 2.45) is 10.7 Å².